The number of halogens is 1. The second-order valence-electron chi connectivity index (χ2n) is 8.15. The number of hydrogen-bond acceptors (Lipinski definition) is 3. The molecule has 0 radical (unpaired) electrons. The van der Waals surface area contributed by atoms with Gasteiger partial charge in [-0.05, 0) is 80.0 Å². The van der Waals surface area contributed by atoms with E-state index in [-0.39, 0.29) is 23.4 Å². The van der Waals surface area contributed by atoms with Crippen molar-refractivity contribution in [3.63, 3.8) is 0 Å². The number of nitrogens with zero attached hydrogens (tertiary/aromatic N) is 1. The van der Waals surface area contributed by atoms with Gasteiger partial charge in [-0.1, -0.05) is 30.2 Å². The molecule has 5 nitrogen and oxygen atoms in total. The number of rotatable bonds is 6. The van der Waals surface area contributed by atoms with Gasteiger partial charge in [0.2, 0.25) is 5.91 Å². The van der Waals surface area contributed by atoms with E-state index in [2.05, 4.69) is 5.32 Å². The summed E-state index contributed by atoms with van der Waals surface area (Å²) in [4.78, 5) is 12.9. The van der Waals surface area contributed by atoms with Crippen molar-refractivity contribution in [1.82, 2.24) is 5.32 Å². The number of aryl methyl sites for hydroxylation is 1. The first-order valence-corrected chi connectivity index (χ1v) is 11.8. The van der Waals surface area contributed by atoms with Gasteiger partial charge in [0, 0.05) is 11.1 Å². The number of sulfonamides is 1. The van der Waals surface area contributed by atoms with Crippen molar-refractivity contribution < 1.29 is 13.2 Å². The third kappa shape index (κ3) is 4.28. The van der Waals surface area contributed by atoms with Gasteiger partial charge in [-0.3, -0.25) is 9.10 Å². The topological polar surface area (TPSA) is 66.5 Å². The zero-order valence-corrected chi connectivity index (χ0v) is 17.9. The minimum absolute atomic E-state index is 0.108. The summed E-state index contributed by atoms with van der Waals surface area (Å²) in [5, 5.41) is 3.55. The minimum atomic E-state index is -3.91. The van der Waals surface area contributed by atoms with E-state index in [9.17, 15) is 13.2 Å². The number of hydrogen-bond donors (Lipinski definition) is 1. The summed E-state index contributed by atoms with van der Waals surface area (Å²) in [5.74, 6) is 0.974. The highest BCUT2D eigenvalue weighted by Crippen LogP contribution is 2.44. The molecular formula is C22H25ClN2O3S. The summed E-state index contributed by atoms with van der Waals surface area (Å²) >= 11 is 5.92. The zero-order valence-electron chi connectivity index (χ0n) is 16.3. The van der Waals surface area contributed by atoms with Crippen LogP contribution in [0.3, 0.4) is 0 Å². The maximum Gasteiger partial charge on any atom is 0.264 e. The molecule has 0 heterocycles. The largest absolute Gasteiger partial charge is 0.352 e. The number of amides is 1. The van der Waals surface area contributed by atoms with Crippen LogP contribution < -0.4 is 9.62 Å². The molecule has 29 heavy (non-hydrogen) atoms. The standard InChI is InChI=1S/C22H25ClN2O3S/c1-15-3-2-4-19(11-15)25(29(27,28)20-9-7-18(23)8-10-20)14-22(26)24-21-13-16-5-6-17(21)12-16/h2-4,7-11,16-17,21H,5-6,12-14H2,1H3,(H,24,26)/t16-,17-,21+/m1/s1. The van der Waals surface area contributed by atoms with E-state index in [0.717, 1.165) is 18.4 Å². The van der Waals surface area contributed by atoms with Crippen LogP contribution in [0.2, 0.25) is 5.02 Å². The van der Waals surface area contributed by atoms with Gasteiger partial charge in [0.1, 0.15) is 6.54 Å². The van der Waals surface area contributed by atoms with E-state index in [0.29, 0.717) is 22.5 Å². The van der Waals surface area contributed by atoms with E-state index in [1.807, 2.05) is 13.0 Å². The molecular weight excluding hydrogens is 408 g/mol. The first-order chi connectivity index (χ1) is 13.8. The maximum atomic E-state index is 13.4. The molecule has 0 spiro atoms. The van der Waals surface area contributed by atoms with E-state index >= 15 is 0 Å². The SMILES string of the molecule is Cc1cccc(N(CC(=O)N[C@H]2C[C@@H]3CC[C@@H]2C3)S(=O)(=O)c2ccc(Cl)cc2)c1. The molecule has 1 N–H and O–H groups in total. The Bertz CT molecular complexity index is 1010. The van der Waals surface area contributed by atoms with Crippen molar-refractivity contribution in [1.29, 1.82) is 0 Å². The molecule has 7 heteroatoms. The molecule has 2 aliphatic rings. The van der Waals surface area contributed by atoms with Gasteiger partial charge in [0.25, 0.3) is 10.0 Å². The van der Waals surface area contributed by atoms with Crippen LogP contribution >= 0.6 is 11.6 Å². The number of fused-ring (bicyclic) bond motifs is 2. The molecule has 0 aliphatic heterocycles. The molecule has 2 aromatic rings. The van der Waals surface area contributed by atoms with Crippen LogP contribution in [0, 0.1) is 18.8 Å². The second kappa shape index (κ2) is 8.00. The molecule has 2 aromatic carbocycles. The third-order valence-electron chi connectivity index (χ3n) is 6.06. The quantitative estimate of drug-likeness (QED) is 0.745. The molecule has 154 valence electrons. The van der Waals surface area contributed by atoms with Gasteiger partial charge < -0.3 is 5.32 Å². The van der Waals surface area contributed by atoms with Crippen molar-refractivity contribution in [2.24, 2.45) is 11.8 Å². The van der Waals surface area contributed by atoms with Gasteiger partial charge in [0.15, 0.2) is 0 Å². The van der Waals surface area contributed by atoms with Gasteiger partial charge in [-0.2, -0.15) is 0 Å². The van der Waals surface area contributed by atoms with E-state index < -0.39 is 10.0 Å². The van der Waals surface area contributed by atoms with E-state index in [4.69, 9.17) is 11.6 Å². The van der Waals surface area contributed by atoms with E-state index in [1.54, 1.807) is 18.2 Å². The Labute approximate surface area is 177 Å². The van der Waals surface area contributed by atoms with Crippen LogP contribution in [0.4, 0.5) is 5.69 Å². The molecule has 0 unspecified atom stereocenters. The summed E-state index contributed by atoms with van der Waals surface area (Å²) in [7, 11) is -3.91. The van der Waals surface area contributed by atoms with Crippen molar-refractivity contribution in [3.8, 4) is 0 Å². The highest BCUT2D eigenvalue weighted by molar-refractivity contribution is 7.92. The molecule has 4 rings (SSSR count). The lowest BCUT2D eigenvalue weighted by atomic mass is 9.95. The van der Waals surface area contributed by atoms with Crippen LogP contribution in [0.1, 0.15) is 31.2 Å². The van der Waals surface area contributed by atoms with Crippen molar-refractivity contribution in [2.45, 2.75) is 43.5 Å². The first kappa shape index (κ1) is 20.2. The fourth-order valence-corrected chi connectivity index (χ4v) is 6.18. The molecule has 2 aliphatic carbocycles. The highest BCUT2D eigenvalue weighted by Gasteiger charge is 2.40. The molecule has 2 fully saturated rings. The van der Waals surface area contributed by atoms with Gasteiger partial charge in [-0.15, -0.1) is 0 Å². The predicted octanol–water partition coefficient (Wildman–Crippen LogP) is 4.15. The van der Waals surface area contributed by atoms with Crippen molar-refractivity contribution in [3.05, 3.63) is 59.1 Å². The van der Waals surface area contributed by atoms with Crippen molar-refractivity contribution in [2.75, 3.05) is 10.8 Å². The molecule has 2 bridgehead atoms. The lowest BCUT2D eigenvalue weighted by Crippen LogP contribution is -2.46. The Hall–Kier alpha value is -2.05. The Kier molecular flexibility index (Phi) is 5.58. The van der Waals surface area contributed by atoms with Crippen LogP contribution in [0.25, 0.3) is 0 Å². The molecule has 3 atom stereocenters. The maximum absolute atomic E-state index is 13.4. The molecule has 0 aromatic heterocycles. The minimum Gasteiger partial charge on any atom is -0.352 e. The highest BCUT2D eigenvalue weighted by atomic mass is 35.5. The summed E-state index contributed by atoms with van der Waals surface area (Å²) in [6.45, 7) is 1.65. The van der Waals surface area contributed by atoms with Crippen LogP contribution in [0.5, 0.6) is 0 Å². The Balaban J connectivity index is 1.60. The summed E-state index contributed by atoms with van der Waals surface area (Å²) < 4.78 is 27.9. The Morgan fingerprint density at radius 2 is 1.90 bits per heavy atom. The molecule has 2 saturated carbocycles. The lowest BCUT2D eigenvalue weighted by Gasteiger charge is -2.27. The van der Waals surface area contributed by atoms with Crippen molar-refractivity contribution >= 4 is 33.2 Å². The molecule has 1 amide bonds. The number of benzene rings is 2. The second-order valence-corrected chi connectivity index (χ2v) is 10.5. The van der Waals surface area contributed by atoms with Gasteiger partial charge >= 0.3 is 0 Å². The predicted molar refractivity (Wildman–Crippen MR) is 115 cm³/mol. The smallest absolute Gasteiger partial charge is 0.264 e. The number of anilines is 1. The van der Waals surface area contributed by atoms with Crippen LogP contribution in [-0.4, -0.2) is 26.9 Å². The fraction of sp³-hybridized carbons (Fsp3) is 0.409. The fourth-order valence-electron chi connectivity index (χ4n) is 4.64. The summed E-state index contributed by atoms with van der Waals surface area (Å²) in [6.07, 6.45) is 4.58. The van der Waals surface area contributed by atoms with Crippen LogP contribution in [-0.2, 0) is 14.8 Å². The normalized spacial score (nSPS) is 23.2. The van der Waals surface area contributed by atoms with Gasteiger partial charge in [0.05, 0.1) is 10.6 Å². The van der Waals surface area contributed by atoms with E-state index in [1.165, 1.54) is 41.4 Å². The summed E-state index contributed by atoms with van der Waals surface area (Å²) in [5.41, 5.74) is 1.40. The Morgan fingerprint density at radius 1 is 1.14 bits per heavy atom. The monoisotopic (exact) mass is 432 g/mol. The Morgan fingerprint density at radius 3 is 2.52 bits per heavy atom. The average molecular weight is 433 g/mol. The lowest BCUT2D eigenvalue weighted by molar-refractivity contribution is -0.120. The summed E-state index contributed by atoms with van der Waals surface area (Å²) in [6, 6.07) is 13.4. The first-order valence-electron chi connectivity index (χ1n) is 9.97. The average Bonchev–Trinajstić information content (AvgIpc) is 3.29. The zero-order chi connectivity index (χ0) is 20.6. The third-order valence-corrected chi connectivity index (χ3v) is 8.10. The van der Waals surface area contributed by atoms with Crippen LogP contribution in [0.15, 0.2) is 53.4 Å². The molecule has 0 saturated heterocycles. The number of carbonyl (C=O) groups is 1. The number of nitrogens with one attached hydrogen (secondary N) is 1. The van der Waals surface area contributed by atoms with Gasteiger partial charge in [-0.25, -0.2) is 8.42 Å². The number of carbonyl (C=O) groups excluding carboxylic acids is 1.